The molecule has 8 nitrogen and oxygen atoms in total. The number of hydrogen-bond acceptors (Lipinski definition) is 5. The van der Waals surface area contributed by atoms with Crippen molar-refractivity contribution in [3.63, 3.8) is 0 Å². The number of nitrogens with zero attached hydrogens (tertiary/aromatic N) is 4. The summed E-state index contributed by atoms with van der Waals surface area (Å²) in [7, 11) is 0. The summed E-state index contributed by atoms with van der Waals surface area (Å²) >= 11 is 0. The van der Waals surface area contributed by atoms with Crippen molar-refractivity contribution >= 4 is 28.2 Å². The Hall–Kier alpha value is -4.33. The molecule has 8 heteroatoms. The summed E-state index contributed by atoms with van der Waals surface area (Å²) in [6.45, 7) is 3.99. The Bertz CT molecular complexity index is 1330. The highest BCUT2D eigenvalue weighted by atomic mass is 16.6. The summed E-state index contributed by atoms with van der Waals surface area (Å²) < 4.78 is 1.56. The number of aryl methyl sites for hydroxylation is 1. The van der Waals surface area contributed by atoms with E-state index < -0.39 is 4.92 Å². The summed E-state index contributed by atoms with van der Waals surface area (Å²) in [6.07, 6.45) is 0. The van der Waals surface area contributed by atoms with Gasteiger partial charge in [0.25, 0.3) is 5.91 Å². The third-order valence-electron chi connectivity index (χ3n) is 5.21. The molecule has 160 valence electrons. The molecular formula is C24H21N5O3. The average Bonchev–Trinajstić information content (AvgIpc) is 3.18. The van der Waals surface area contributed by atoms with Gasteiger partial charge >= 0.3 is 5.82 Å². The Balaban J connectivity index is 1.45. The monoisotopic (exact) mass is 427 g/mol. The maximum absolute atomic E-state index is 12.5. The van der Waals surface area contributed by atoms with E-state index in [9.17, 15) is 14.9 Å². The van der Waals surface area contributed by atoms with Crippen LogP contribution in [0.4, 0.5) is 5.82 Å². The largest absolute Gasteiger partial charge is 0.390 e. The van der Waals surface area contributed by atoms with Crippen LogP contribution in [0.15, 0.2) is 77.9 Å². The van der Waals surface area contributed by atoms with Crippen LogP contribution in [-0.4, -0.2) is 26.3 Å². The minimum atomic E-state index is -0.516. The smallest absolute Gasteiger partial charge is 0.358 e. The summed E-state index contributed by atoms with van der Waals surface area (Å²) in [5.74, 6) is -0.500. The first kappa shape index (κ1) is 20.9. The number of benzene rings is 3. The van der Waals surface area contributed by atoms with Crippen LogP contribution in [0, 0.1) is 17.0 Å². The molecule has 1 aromatic heterocycles. The van der Waals surface area contributed by atoms with Crippen LogP contribution in [0.3, 0.4) is 0 Å². The number of hydrogen-bond donors (Lipinski definition) is 1. The van der Waals surface area contributed by atoms with E-state index in [4.69, 9.17) is 0 Å². The summed E-state index contributed by atoms with van der Waals surface area (Å²) in [6, 6.07) is 22.4. The first-order valence-electron chi connectivity index (χ1n) is 10.0. The lowest BCUT2D eigenvalue weighted by Crippen LogP contribution is -2.19. The third kappa shape index (κ3) is 4.39. The Morgan fingerprint density at radius 2 is 1.81 bits per heavy atom. The zero-order valence-electron chi connectivity index (χ0n) is 17.6. The molecule has 0 bridgehead atoms. The maximum atomic E-state index is 12.5. The van der Waals surface area contributed by atoms with Gasteiger partial charge in [0, 0.05) is 11.1 Å². The molecule has 0 aliphatic heterocycles. The van der Waals surface area contributed by atoms with E-state index in [1.807, 2.05) is 49.4 Å². The van der Waals surface area contributed by atoms with E-state index in [2.05, 4.69) is 15.6 Å². The number of hydrazone groups is 1. The van der Waals surface area contributed by atoms with Crippen LogP contribution < -0.4 is 5.43 Å². The van der Waals surface area contributed by atoms with Crippen LogP contribution in [0.1, 0.15) is 34.1 Å². The molecule has 4 aromatic rings. The van der Waals surface area contributed by atoms with Gasteiger partial charge in [0.05, 0.1) is 29.1 Å². The molecule has 0 aliphatic rings. The van der Waals surface area contributed by atoms with Crippen LogP contribution in [-0.2, 0) is 6.54 Å². The Morgan fingerprint density at radius 3 is 2.53 bits per heavy atom. The lowest BCUT2D eigenvalue weighted by Gasteiger charge is -2.07. The first-order valence-corrected chi connectivity index (χ1v) is 10.0. The topological polar surface area (TPSA) is 102 Å². The van der Waals surface area contributed by atoms with Gasteiger partial charge in [-0.15, -0.1) is 0 Å². The zero-order chi connectivity index (χ0) is 22.7. The van der Waals surface area contributed by atoms with Crippen molar-refractivity contribution in [1.82, 2.24) is 15.2 Å². The second kappa shape index (κ2) is 8.81. The second-order valence-corrected chi connectivity index (χ2v) is 7.42. The van der Waals surface area contributed by atoms with E-state index in [0.717, 1.165) is 21.9 Å². The quantitative estimate of drug-likeness (QED) is 0.279. The van der Waals surface area contributed by atoms with E-state index in [1.54, 1.807) is 35.9 Å². The molecule has 0 unspecified atom stereocenters. The van der Waals surface area contributed by atoms with Gasteiger partial charge in [0.15, 0.2) is 0 Å². The molecule has 0 radical (unpaired) electrons. The molecule has 0 saturated heterocycles. The van der Waals surface area contributed by atoms with Crippen molar-refractivity contribution in [1.29, 1.82) is 0 Å². The standard InChI is InChI=1S/C24H21N5O3/c1-16-14-23(29(31)32)27-28(16)15-18-10-12-20(13-11-18)24(30)26-25-17(2)21-9-5-7-19-6-3-4-8-22(19)21/h3-14H,15H2,1-2H3,(H,26,30)/b25-17-. The number of rotatable bonds is 6. The number of carbonyl (C=O) groups excluding carboxylic acids is 1. The van der Waals surface area contributed by atoms with E-state index in [-0.39, 0.29) is 11.7 Å². The zero-order valence-corrected chi connectivity index (χ0v) is 17.6. The molecule has 0 saturated carbocycles. The normalized spacial score (nSPS) is 11.5. The number of amides is 1. The highest BCUT2D eigenvalue weighted by Crippen LogP contribution is 2.19. The molecule has 1 heterocycles. The van der Waals surface area contributed by atoms with E-state index >= 15 is 0 Å². The maximum Gasteiger partial charge on any atom is 0.390 e. The number of fused-ring (bicyclic) bond motifs is 1. The van der Waals surface area contributed by atoms with E-state index in [1.165, 1.54) is 6.07 Å². The van der Waals surface area contributed by atoms with Crippen molar-refractivity contribution in [3.05, 3.63) is 105 Å². The average molecular weight is 427 g/mol. The lowest BCUT2D eigenvalue weighted by molar-refractivity contribution is -0.389. The summed E-state index contributed by atoms with van der Waals surface area (Å²) in [5, 5.41) is 21.3. The van der Waals surface area contributed by atoms with Crippen molar-refractivity contribution in [3.8, 4) is 0 Å². The SMILES string of the molecule is C/C(=N/NC(=O)c1ccc(Cn2nc([N+](=O)[O-])cc2C)cc1)c1cccc2ccccc12. The Morgan fingerprint density at radius 1 is 1.09 bits per heavy atom. The predicted molar refractivity (Wildman–Crippen MR) is 123 cm³/mol. The molecule has 3 aromatic carbocycles. The number of aromatic nitrogens is 2. The molecule has 1 N–H and O–H groups in total. The van der Waals surface area contributed by atoms with Crippen molar-refractivity contribution in [2.45, 2.75) is 20.4 Å². The van der Waals surface area contributed by atoms with Gasteiger partial charge in [-0.1, -0.05) is 54.6 Å². The number of nitrogens with one attached hydrogen (secondary N) is 1. The van der Waals surface area contributed by atoms with Gasteiger partial charge in [-0.25, -0.2) is 5.43 Å². The Labute approximate surface area is 184 Å². The molecule has 0 spiro atoms. The molecule has 0 atom stereocenters. The highest BCUT2D eigenvalue weighted by Gasteiger charge is 2.15. The number of carbonyl (C=O) groups is 1. The molecule has 32 heavy (non-hydrogen) atoms. The third-order valence-corrected chi connectivity index (χ3v) is 5.21. The molecule has 1 amide bonds. The molecular weight excluding hydrogens is 406 g/mol. The van der Waals surface area contributed by atoms with Gasteiger partial charge in [0.1, 0.15) is 0 Å². The van der Waals surface area contributed by atoms with E-state index in [0.29, 0.717) is 23.5 Å². The van der Waals surface area contributed by atoms with Gasteiger partial charge in [-0.2, -0.15) is 9.78 Å². The van der Waals surface area contributed by atoms with Gasteiger partial charge in [-0.3, -0.25) is 4.79 Å². The van der Waals surface area contributed by atoms with Crippen LogP contribution >= 0.6 is 0 Å². The van der Waals surface area contributed by atoms with Crippen LogP contribution in [0.5, 0.6) is 0 Å². The highest BCUT2D eigenvalue weighted by molar-refractivity contribution is 6.10. The predicted octanol–water partition coefficient (Wildman–Crippen LogP) is 4.46. The van der Waals surface area contributed by atoms with Gasteiger partial charge < -0.3 is 10.1 Å². The van der Waals surface area contributed by atoms with Crippen molar-refractivity contribution < 1.29 is 9.72 Å². The first-order chi connectivity index (χ1) is 15.4. The van der Waals surface area contributed by atoms with Crippen LogP contribution in [0.2, 0.25) is 0 Å². The molecule has 4 rings (SSSR count). The number of nitro groups is 1. The van der Waals surface area contributed by atoms with Crippen LogP contribution in [0.25, 0.3) is 10.8 Å². The fourth-order valence-electron chi connectivity index (χ4n) is 3.48. The summed E-state index contributed by atoms with van der Waals surface area (Å²) in [4.78, 5) is 22.9. The van der Waals surface area contributed by atoms with Crippen molar-refractivity contribution in [2.75, 3.05) is 0 Å². The van der Waals surface area contributed by atoms with Gasteiger partial charge in [0.2, 0.25) is 0 Å². The second-order valence-electron chi connectivity index (χ2n) is 7.42. The Kier molecular flexibility index (Phi) is 5.76. The minimum absolute atomic E-state index is 0.182. The van der Waals surface area contributed by atoms with Gasteiger partial charge in [-0.05, 0) is 47.2 Å². The lowest BCUT2D eigenvalue weighted by atomic mass is 10.0. The fourth-order valence-corrected chi connectivity index (χ4v) is 3.48. The fraction of sp³-hybridized carbons (Fsp3) is 0.125. The minimum Gasteiger partial charge on any atom is -0.358 e. The molecule has 0 fully saturated rings. The van der Waals surface area contributed by atoms with Crippen molar-refractivity contribution in [2.24, 2.45) is 5.10 Å². The summed E-state index contributed by atoms with van der Waals surface area (Å²) in [5.41, 5.74) is 6.31. The molecule has 0 aliphatic carbocycles.